The fraction of sp³-hybridized carbons (Fsp3) is 0.619. The van der Waals surface area contributed by atoms with Crippen molar-refractivity contribution in [1.82, 2.24) is 9.62 Å². The summed E-state index contributed by atoms with van der Waals surface area (Å²) in [6.45, 7) is 2.63. The normalized spacial score (nSPS) is 24.1. The van der Waals surface area contributed by atoms with E-state index >= 15 is 0 Å². The van der Waals surface area contributed by atoms with Gasteiger partial charge in [-0.05, 0) is 38.3 Å². The van der Waals surface area contributed by atoms with Gasteiger partial charge in [0, 0.05) is 12.6 Å². The summed E-state index contributed by atoms with van der Waals surface area (Å²) in [7, 11) is -3.71. The van der Waals surface area contributed by atoms with Crippen molar-refractivity contribution in [1.29, 1.82) is 0 Å². The minimum atomic E-state index is -3.71. The Balaban J connectivity index is 1.99. The highest BCUT2D eigenvalue weighted by Gasteiger charge is 2.51. The summed E-state index contributed by atoms with van der Waals surface area (Å²) >= 11 is 0. The lowest BCUT2D eigenvalue weighted by Gasteiger charge is -2.47. The largest absolute Gasteiger partial charge is 0.351 e. The zero-order valence-corrected chi connectivity index (χ0v) is 18.4. The van der Waals surface area contributed by atoms with Crippen LogP contribution in [0, 0.1) is 5.82 Å². The van der Waals surface area contributed by atoms with E-state index < -0.39 is 39.7 Å². The molecule has 1 aromatic rings. The Morgan fingerprint density at radius 3 is 2.53 bits per heavy atom. The number of benzene rings is 1. The summed E-state index contributed by atoms with van der Waals surface area (Å²) in [4.78, 5) is 27.6. The number of nitrogens with zero attached hydrogens (tertiary/aromatic N) is 2. The minimum absolute atomic E-state index is 0.0173. The van der Waals surface area contributed by atoms with E-state index in [4.69, 9.17) is 0 Å². The molecule has 30 heavy (non-hydrogen) atoms. The number of carbonyl (C=O) groups excluding carboxylic acids is 2. The average molecular weight is 440 g/mol. The van der Waals surface area contributed by atoms with E-state index in [1.165, 1.54) is 25.1 Å². The average Bonchev–Trinajstić information content (AvgIpc) is 2.69. The third kappa shape index (κ3) is 4.51. The summed E-state index contributed by atoms with van der Waals surface area (Å²) in [5, 5.41) is 3.00. The number of halogens is 1. The number of para-hydroxylation sites is 1. The lowest BCUT2D eigenvalue weighted by atomic mass is 9.91. The highest BCUT2D eigenvalue weighted by Crippen LogP contribution is 2.33. The second-order valence-corrected chi connectivity index (χ2v) is 10.4. The van der Waals surface area contributed by atoms with Crippen molar-refractivity contribution in [3.8, 4) is 0 Å². The maximum absolute atomic E-state index is 14.6. The van der Waals surface area contributed by atoms with Gasteiger partial charge in [-0.15, -0.1) is 0 Å². The predicted octanol–water partition coefficient (Wildman–Crippen LogP) is 2.42. The molecule has 166 valence electrons. The molecule has 1 heterocycles. The fourth-order valence-corrected chi connectivity index (χ4v) is 5.87. The maximum atomic E-state index is 14.6. The van der Waals surface area contributed by atoms with Gasteiger partial charge in [0.05, 0.1) is 18.0 Å². The lowest BCUT2D eigenvalue weighted by Crippen LogP contribution is -2.71. The van der Waals surface area contributed by atoms with Gasteiger partial charge in [-0.25, -0.2) is 12.8 Å². The molecule has 1 aliphatic carbocycles. The third-order valence-electron chi connectivity index (χ3n) is 5.92. The molecule has 2 amide bonds. The van der Waals surface area contributed by atoms with Crippen LogP contribution in [0.4, 0.5) is 10.1 Å². The van der Waals surface area contributed by atoms with Crippen LogP contribution >= 0.6 is 0 Å². The number of piperazine rings is 1. The van der Waals surface area contributed by atoms with Crippen molar-refractivity contribution in [2.75, 3.05) is 23.7 Å². The first-order chi connectivity index (χ1) is 14.2. The second kappa shape index (κ2) is 9.01. The topological polar surface area (TPSA) is 86.8 Å². The Labute approximate surface area is 177 Å². The highest BCUT2D eigenvalue weighted by molar-refractivity contribution is 7.89. The summed E-state index contributed by atoms with van der Waals surface area (Å²) < 4.78 is 41.1. The number of anilines is 1. The van der Waals surface area contributed by atoms with Gasteiger partial charge in [0.15, 0.2) is 0 Å². The molecule has 1 unspecified atom stereocenters. The molecular weight excluding hydrogens is 409 g/mol. The lowest BCUT2D eigenvalue weighted by molar-refractivity contribution is -0.133. The van der Waals surface area contributed by atoms with Gasteiger partial charge in [0.1, 0.15) is 11.4 Å². The van der Waals surface area contributed by atoms with Crippen molar-refractivity contribution in [2.24, 2.45) is 0 Å². The zero-order chi connectivity index (χ0) is 21.9. The van der Waals surface area contributed by atoms with Gasteiger partial charge in [-0.2, -0.15) is 4.31 Å². The molecule has 1 aromatic carbocycles. The Morgan fingerprint density at radius 1 is 1.23 bits per heavy atom. The summed E-state index contributed by atoms with van der Waals surface area (Å²) in [5.41, 5.74) is -1.58. The van der Waals surface area contributed by atoms with Crippen molar-refractivity contribution in [2.45, 2.75) is 64.0 Å². The number of rotatable bonds is 6. The van der Waals surface area contributed by atoms with E-state index in [-0.39, 0.29) is 24.0 Å². The number of amides is 2. The first-order valence-corrected chi connectivity index (χ1v) is 12.2. The van der Waals surface area contributed by atoms with E-state index in [0.29, 0.717) is 6.42 Å². The van der Waals surface area contributed by atoms with Crippen LogP contribution in [0.2, 0.25) is 0 Å². The monoisotopic (exact) mass is 439 g/mol. The first kappa shape index (κ1) is 22.7. The van der Waals surface area contributed by atoms with Crippen molar-refractivity contribution >= 4 is 27.5 Å². The molecule has 0 radical (unpaired) electrons. The molecule has 1 aliphatic heterocycles. The van der Waals surface area contributed by atoms with E-state index in [1.54, 1.807) is 13.0 Å². The van der Waals surface area contributed by atoms with Crippen LogP contribution < -0.4 is 10.2 Å². The summed E-state index contributed by atoms with van der Waals surface area (Å²) in [6.07, 6.45) is 5.21. The van der Waals surface area contributed by atoms with Crippen LogP contribution in [0.25, 0.3) is 0 Å². The number of carbonyl (C=O) groups is 2. The highest BCUT2D eigenvalue weighted by atomic mass is 32.2. The quantitative estimate of drug-likeness (QED) is 0.738. The van der Waals surface area contributed by atoms with E-state index in [9.17, 15) is 22.4 Å². The standard InChI is InChI=1S/C21H30FN3O4S/c1-3-13-30(28,29)24-14-19(26)25(18-12-8-7-11-17(18)22)21(2,15-24)20(27)23-16-9-5-4-6-10-16/h7-8,11-12,16H,3-6,9-10,13-15H2,1-2H3,(H,23,27). The van der Waals surface area contributed by atoms with Crippen LogP contribution in [0.3, 0.4) is 0 Å². The zero-order valence-electron chi connectivity index (χ0n) is 17.6. The van der Waals surface area contributed by atoms with Gasteiger partial charge in [-0.3, -0.25) is 14.5 Å². The second-order valence-electron chi connectivity index (χ2n) is 8.35. The van der Waals surface area contributed by atoms with Gasteiger partial charge in [0.2, 0.25) is 21.8 Å². The molecule has 1 N–H and O–H groups in total. The molecule has 1 atom stereocenters. The Kier molecular flexibility index (Phi) is 6.81. The Morgan fingerprint density at radius 2 is 1.90 bits per heavy atom. The van der Waals surface area contributed by atoms with Gasteiger partial charge in [-0.1, -0.05) is 38.3 Å². The summed E-state index contributed by atoms with van der Waals surface area (Å²) in [6, 6.07) is 5.73. The van der Waals surface area contributed by atoms with Gasteiger partial charge >= 0.3 is 0 Å². The van der Waals surface area contributed by atoms with Crippen LogP contribution in [0.5, 0.6) is 0 Å². The SMILES string of the molecule is CCCS(=O)(=O)N1CC(=O)N(c2ccccc2F)C(C)(C(=O)NC2CCCCC2)C1. The molecule has 7 nitrogen and oxygen atoms in total. The Bertz CT molecular complexity index is 901. The molecule has 9 heteroatoms. The first-order valence-electron chi connectivity index (χ1n) is 10.6. The van der Waals surface area contributed by atoms with Gasteiger partial charge < -0.3 is 5.32 Å². The van der Waals surface area contributed by atoms with Crippen LogP contribution in [0.1, 0.15) is 52.4 Å². The molecule has 3 rings (SSSR count). The van der Waals surface area contributed by atoms with Crippen LogP contribution in [-0.4, -0.2) is 55.0 Å². The molecule has 0 spiro atoms. The molecular formula is C21H30FN3O4S. The molecule has 1 saturated heterocycles. The van der Waals surface area contributed by atoms with Crippen molar-refractivity contribution in [3.63, 3.8) is 0 Å². The number of nitrogens with one attached hydrogen (secondary N) is 1. The maximum Gasteiger partial charge on any atom is 0.247 e. The van der Waals surface area contributed by atoms with Crippen molar-refractivity contribution < 1.29 is 22.4 Å². The smallest absolute Gasteiger partial charge is 0.247 e. The fourth-order valence-electron chi connectivity index (χ4n) is 4.34. The van der Waals surface area contributed by atoms with Crippen LogP contribution in [-0.2, 0) is 19.6 Å². The van der Waals surface area contributed by atoms with Crippen molar-refractivity contribution in [3.05, 3.63) is 30.1 Å². The molecule has 0 aromatic heterocycles. The van der Waals surface area contributed by atoms with Gasteiger partial charge in [0.25, 0.3) is 0 Å². The number of hydrogen-bond acceptors (Lipinski definition) is 4. The molecule has 2 fully saturated rings. The number of sulfonamides is 1. The predicted molar refractivity (Wildman–Crippen MR) is 113 cm³/mol. The number of hydrogen-bond donors (Lipinski definition) is 1. The Hall–Kier alpha value is -2.00. The molecule has 1 saturated carbocycles. The molecule has 0 bridgehead atoms. The minimum Gasteiger partial charge on any atom is -0.351 e. The van der Waals surface area contributed by atoms with E-state index in [1.807, 2.05) is 0 Å². The molecule has 2 aliphatic rings. The third-order valence-corrected chi connectivity index (χ3v) is 7.89. The summed E-state index contributed by atoms with van der Waals surface area (Å²) in [5.74, 6) is -1.82. The van der Waals surface area contributed by atoms with Crippen LogP contribution in [0.15, 0.2) is 24.3 Å². The van der Waals surface area contributed by atoms with E-state index in [2.05, 4.69) is 5.32 Å². The van der Waals surface area contributed by atoms with E-state index in [0.717, 1.165) is 41.3 Å².